The minimum Gasteiger partial charge on any atom is -0.357 e. The lowest BCUT2D eigenvalue weighted by atomic mass is 10.0. The molecule has 1 aromatic heterocycles. The smallest absolute Gasteiger partial charge is 0.242 e. The van der Waals surface area contributed by atoms with Crippen LogP contribution < -0.4 is 16.4 Å². The monoisotopic (exact) mass is 364 g/mol. The molecule has 1 aromatic carbocycles. The number of rotatable bonds is 8. The summed E-state index contributed by atoms with van der Waals surface area (Å²) in [4.78, 5) is 28.3. The molecule has 25 heavy (non-hydrogen) atoms. The van der Waals surface area contributed by atoms with E-state index in [2.05, 4.69) is 15.6 Å². The zero-order chi connectivity index (χ0) is 18.2. The van der Waals surface area contributed by atoms with Gasteiger partial charge in [0, 0.05) is 31.3 Å². The normalized spacial score (nSPS) is 13.1. The molecule has 1 heterocycles. The molecule has 134 valence electrons. The number of thiazole rings is 1. The van der Waals surface area contributed by atoms with Gasteiger partial charge in [-0.15, -0.1) is 11.3 Å². The first-order valence-electron chi connectivity index (χ1n) is 7.86. The molecule has 0 unspecified atom stereocenters. The van der Waals surface area contributed by atoms with Crippen LogP contribution in [0, 0.1) is 5.82 Å². The van der Waals surface area contributed by atoms with Gasteiger partial charge in [0.1, 0.15) is 11.9 Å². The van der Waals surface area contributed by atoms with Crippen LogP contribution in [-0.2, 0) is 22.4 Å². The lowest BCUT2D eigenvalue weighted by molar-refractivity contribution is -0.128. The first kappa shape index (κ1) is 19.0. The van der Waals surface area contributed by atoms with Gasteiger partial charge in [0.2, 0.25) is 11.8 Å². The zero-order valence-electron chi connectivity index (χ0n) is 13.9. The SMILES string of the molecule is CNC(=O)[C@@H](Cc1cscn1)NC(=O)C[C@H](N)Cc1ccccc1F. The minimum atomic E-state index is -0.722. The fraction of sp³-hybridized carbons (Fsp3) is 0.353. The first-order valence-corrected chi connectivity index (χ1v) is 8.81. The van der Waals surface area contributed by atoms with E-state index < -0.39 is 12.1 Å². The van der Waals surface area contributed by atoms with Gasteiger partial charge in [0.05, 0.1) is 11.2 Å². The molecule has 0 fully saturated rings. The number of carbonyl (C=O) groups excluding carboxylic acids is 2. The van der Waals surface area contributed by atoms with Gasteiger partial charge in [0.15, 0.2) is 0 Å². The predicted molar refractivity (Wildman–Crippen MR) is 94.5 cm³/mol. The second-order valence-corrected chi connectivity index (χ2v) is 6.40. The van der Waals surface area contributed by atoms with Gasteiger partial charge in [-0.2, -0.15) is 0 Å². The van der Waals surface area contributed by atoms with Crippen LogP contribution in [0.15, 0.2) is 35.2 Å². The molecule has 0 aliphatic heterocycles. The second kappa shape index (κ2) is 9.24. The van der Waals surface area contributed by atoms with Crippen LogP contribution in [0.5, 0.6) is 0 Å². The number of nitrogens with zero attached hydrogens (tertiary/aromatic N) is 1. The number of halogens is 1. The maximum atomic E-state index is 13.6. The number of hydrogen-bond donors (Lipinski definition) is 3. The number of aromatic nitrogens is 1. The van der Waals surface area contributed by atoms with Crippen LogP contribution in [0.3, 0.4) is 0 Å². The molecule has 0 aliphatic rings. The minimum absolute atomic E-state index is 0.00110. The lowest BCUT2D eigenvalue weighted by Gasteiger charge is -2.18. The van der Waals surface area contributed by atoms with Gasteiger partial charge < -0.3 is 16.4 Å². The van der Waals surface area contributed by atoms with Crippen LogP contribution in [0.25, 0.3) is 0 Å². The van der Waals surface area contributed by atoms with Crippen molar-refractivity contribution < 1.29 is 14.0 Å². The molecule has 2 amide bonds. The van der Waals surface area contributed by atoms with Crippen molar-refractivity contribution >= 4 is 23.2 Å². The summed E-state index contributed by atoms with van der Waals surface area (Å²) >= 11 is 1.42. The molecule has 6 nitrogen and oxygen atoms in total. The number of nitrogens with one attached hydrogen (secondary N) is 2. The largest absolute Gasteiger partial charge is 0.357 e. The van der Waals surface area contributed by atoms with Gasteiger partial charge in [-0.1, -0.05) is 18.2 Å². The van der Waals surface area contributed by atoms with E-state index in [-0.39, 0.29) is 30.5 Å². The van der Waals surface area contributed by atoms with Gasteiger partial charge >= 0.3 is 0 Å². The molecule has 0 radical (unpaired) electrons. The van der Waals surface area contributed by atoms with Gasteiger partial charge in [-0.3, -0.25) is 9.59 Å². The van der Waals surface area contributed by atoms with E-state index in [4.69, 9.17) is 5.73 Å². The summed E-state index contributed by atoms with van der Waals surface area (Å²) in [5.74, 6) is -0.998. The summed E-state index contributed by atoms with van der Waals surface area (Å²) in [5, 5.41) is 7.03. The Balaban J connectivity index is 1.91. The highest BCUT2D eigenvalue weighted by Crippen LogP contribution is 2.10. The molecule has 0 spiro atoms. The Kier molecular flexibility index (Phi) is 7.03. The number of carbonyl (C=O) groups is 2. The van der Waals surface area contributed by atoms with Crippen LogP contribution in [-0.4, -0.2) is 35.9 Å². The number of likely N-dealkylation sites (N-methyl/N-ethyl adjacent to an activating group) is 1. The Hall–Kier alpha value is -2.32. The standard InChI is InChI=1S/C17H21FN4O2S/c1-20-17(24)15(8-13-9-25-10-21-13)22-16(23)7-12(19)6-11-4-2-3-5-14(11)18/h2-5,9-10,12,15H,6-8,19H2,1H3,(H,20,24)(H,22,23)/t12-,15-/m1/s1. The lowest BCUT2D eigenvalue weighted by Crippen LogP contribution is -2.48. The van der Waals surface area contributed by atoms with E-state index in [1.807, 2.05) is 5.38 Å². The molecule has 0 bridgehead atoms. The van der Waals surface area contributed by atoms with Crippen molar-refractivity contribution in [2.75, 3.05) is 7.05 Å². The van der Waals surface area contributed by atoms with Crippen molar-refractivity contribution in [1.29, 1.82) is 0 Å². The molecule has 2 atom stereocenters. The fourth-order valence-electron chi connectivity index (χ4n) is 2.44. The average molecular weight is 364 g/mol. The van der Waals surface area contributed by atoms with Crippen LogP contribution in [0.1, 0.15) is 17.7 Å². The quantitative estimate of drug-likeness (QED) is 0.651. The summed E-state index contributed by atoms with van der Waals surface area (Å²) in [5.41, 5.74) is 8.82. The number of amides is 2. The molecule has 2 aromatic rings. The van der Waals surface area contributed by atoms with E-state index in [0.717, 1.165) is 5.69 Å². The maximum Gasteiger partial charge on any atom is 0.242 e. The molecular formula is C17H21FN4O2S. The van der Waals surface area contributed by atoms with Crippen molar-refractivity contribution in [2.24, 2.45) is 5.73 Å². The summed E-state index contributed by atoms with van der Waals surface area (Å²) in [6.07, 6.45) is 0.549. The van der Waals surface area contributed by atoms with Gasteiger partial charge in [0.25, 0.3) is 0 Å². The predicted octanol–water partition coefficient (Wildman–Crippen LogP) is 1.02. The van der Waals surface area contributed by atoms with Crippen molar-refractivity contribution in [3.8, 4) is 0 Å². The Morgan fingerprint density at radius 1 is 1.32 bits per heavy atom. The highest BCUT2D eigenvalue weighted by Gasteiger charge is 2.22. The number of benzene rings is 1. The highest BCUT2D eigenvalue weighted by molar-refractivity contribution is 7.07. The van der Waals surface area contributed by atoms with Crippen molar-refractivity contribution in [1.82, 2.24) is 15.6 Å². The third-order valence-corrected chi connectivity index (χ3v) is 4.32. The molecule has 4 N–H and O–H groups in total. The van der Waals surface area contributed by atoms with E-state index in [0.29, 0.717) is 12.0 Å². The molecule has 0 saturated heterocycles. The Labute approximate surface area is 149 Å². The first-order chi connectivity index (χ1) is 12.0. The number of hydrogen-bond acceptors (Lipinski definition) is 5. The number of nitrogens with two attached hydrogens (primary N) is 1. The van der Waals surface area contributed by atoms with Crippen LogP contribution in [0.4, 0.5) is 4.39 Å². The van der Waals surface area contributed by atoms with Gasteiger partial charge in [-0.25, -0.2) is 9.37 Å². The van der Waals surface area contributed by atoms with Crippen LogP contribution in [0.2, 0.25) is 0 Å². The average Bonchev–Trinajstić information content (AvgIpc) is 3.08. The molecule has 0 saturated carbocycles. The van der Waals surface area contributed by atoms with Crippen LogP contribution >= 0.6 is 11.3 Å². The molecular weight excluding hydrogens is 343 g/mol. The summed E-state index contributed by atoms with van der Waals surface area (Å²) in [6.45, 7) is 0. The fourth-order valence-corrected chi connectivity index (χ4v) is 3.01. The van der Waals surface area contributed by atoms with Crippen molar-refractivity contribution in [3.63, 3.8) is 0 Å². The summed E-state index contributed by atoms with van der Waals surface area (Å²) in [7, 11) is 1.51. The molecule has 8 heteroatoms. The third kappa shape index (κ3) is 5.91. The molecule has 2 rings (SSSR count). The van der Waals surface area contributed by atoms with E-state index in [1.165, 1.54) is 24.5 Å². The molecule has 0 aliphatic carbocycles. The van der Waals surface area contributed by atoms with E-state index in [9.17, 15) is 14.0 Å². The van der Waals surface area contributed by atoms with Crippen molar-refractivity contribution in [2.45, 2.75) is 31.3 Å². The maximum absolute atomic E-state index is 13.6. The Bertz CT molecular complexity index is 708. The zero-order valence-corrected chi connectivity index (χ0v) is 14.7. The topological polar surface area (TPSA) is 97.1 Å². The van der Waals surface area contributed by atoms with Crippen molar-refractivity contribution in [3.05, 3.63) is 52.2 Å². The van der Waals surface area contributed by atoms with E-state index in [1.54, 1.807) is 23.7 Å². The highest BCUT2D eigenvalue weighted by atomic mass is 32.1. The third-order valence-electron chi connectivity index (χ3n) is 3.68. The summed E-state index contributed by atoms with van der Waals surface area (Å²) in [6, 6.07) is 5.06. The Morgan fingerprint density at radius 2 is 2.08 bits per heavy atom. The van der Waals surface area contributed by atoms with Gasteiger partial charge in [-0.05, 0) is 18.1 Å². The van der Waals surface area contributed by atoms with E-state index >= 15 is 0 Å². The summed E-state index contributed by atoms with van der Waals surface area (Å²) < 4.78 is 13.6. The second-order valence-electron chi connectivity index (χ2n) is 5.68. The Morgan fingerprint density at radius 3 is 2.72 bits per heavy atom.